The van der Waals surface area contributed by atoms with Crippen molar-refractivity contribution in [3.05, 3.63) is 47.5 Å². The highest BCUT2D eigenvalue weighted by molar-refractivity contribution is 5.79. The van der Waals surface area contributed by atoms with E-state index in [2.05, 4.69) is 34.2 Å². The van der Waals surface area contributed by atoms with Crippen LogP contribution in [0.4, 0.5) is 0 Å². The van der Waals surface area contributed by atoms with E-state index in [1.165, 1.54) is 5.56 Å². The molecule has 1 aliphatic heterocycles. The summed E-state index contributed by atoms with van der Waals surface area (Å²) in [6.45, 7) is 4.82. The van der Waals surface area contributed by atoms with Crippen molar-refractivity contribution in [2.45, 2.75) is 26.3 Å². The molecule has 1 N–H and O–H groups in total. The third-order valence-corrected chi connectivity index (χ3v) is 3.77. The van der Waals surface area contributed by atoms with Gasteiger partial charge in [-0.15, -0.1) is 0 Å². The summed E-state index contributed by atoms with van der Waals surface area (Å²) in [5.41, 5.74) is 1.20. The van der Waals surface area contributed by atoms with Gasteiger partial charge in [-0.05, 0) is 18.4 Å². The second-order valence-electron chi connectivity index (χ2n) is 5.39. The fourth-order valence-electron chi connectivity index (χ4n) is 2.81. The van der Waals surface area contributed by atoms with Crippen molar-refractivity contribution in [1.29, 1.82) is 0 Å². The number of benzene rings is 1. The summed E-state index contributed by atoms with van der Waals surface area (Å²) < 4.78 is 0. The van der Waals surface area contributed by atoms with Crippen LogP contribution in [0.1, 0.15) is 30.2 Å². The van der Waals surface area contributed by atoms with Crippen LogP contribution < -0.4 is 0 Å². The van der Waals surface area contributed by atoms with Gasteiger partial charge in [-0.2, -0.15) is 5.10 Å². The lowest BCUT2D eigenvalue weighted by atomic mass is 9.84. The molecule has 3 rings (SSSR count). The lowest BCUT2D eigenvalue weighted by Gasteiger charge is -2.47. The van der Waals surface area contributed by atoms with E-state index in [0.717, 1.165) is 12.4 Å². The Labute approximate surface area is 118 Å². The summed E-state index contributed by atoms with van der Waals surface area (Å²) in [4.78, 5) is 18.5. The number of aromatic amines is 1. The van der Waals surface area contributed by atoms with E-state index in [4.69, 9.17) is 0 Å². The topological polar surface area (TPSA) is 61.9 Å². The number of nitrogens with one attached hydrogen (secondary N) is 1. The highest BCUT2D eigenvalue weighted by Gasteiger charge is 2.39. The molecule has 5 nitrogen and oxygen atoms in total. The number of aryl methyl sites for hydroxylation is 1. The van der Waals surface area contributed by atoms with Crippen LogP contribution in [0.3, 0.4) is 0 Å². The number of aromatic nitrogens is 3. The zero-order valence-electron chi connectivity index (χ0n) is 11.7. The van der Waals surface area contributed by atoms with E-state index in [1.54, 1.807) is 0 Å². The van der Waals surface area contributed by atoms with E-state index in [-0.39, 0.29) is 18.4 Å². The fourth-order valence-corrected chi connectivity index (χ4v) is 2.81. The summed E-state index contributed by atoms with van der Waals surface area (Å²) in [5.74, 6) is 1.90. The molecule has 0 radical (unpaired) electrons. The zero-order valence-corrected chi connectivity index (χ0v) is 11.7. The fraction of sp³-hybridized carbons (Fsp3) is 0.400. The SMILES string of the molecule is Cc1nc(CC(=O)N2CC(C)C2c2ccccc2)n[nH]1. The van der Waals surface area contributed by atoms with Crippen molar-refractivity contribution in [3.63, 3.8) is 0 Å². The smallest absolute Gasteiger partial charge is 0.230 e. The molecule has 5 heteroatoms. The normalized spacial score (nSPS) is 21.6. The molecular weight excluding hydrogens is 252 g/mol. The maximum absolute atomic E-state index is 12.4. The second kappa shape index (κ2) is 5.07. The van der Waals surface area contributed by atoms with Crippen molar-refractivity contribution >= 4 is 5.91 Å². The Bertz CT molecular complexity index is 607. The maximum Gasteiger partial charge on any atom is 0.230 e. The number of carbonyl (C=O) groups excluding carboxylic acids is 1. The second-order valence-corrected chi connectivity index (χ2v) is 5.39. The molecular formula is C15H18N4O. The first-order valence-electron chi connectivity index (χ1n) is 6.87. The Morgan fingerprint density at radius 1 is 1.40 bits per heavy atom. The van der Waals surface area contributed by atoms with Gasteiger partial charge in [0.15, 0.2) is 5.82 Å². The number of H-pyrrole nitrogens is 1. The van der Waals surface area contributed by atoms with E-state index < -0.39 is 0 Å². The van der Waals surface area contributed by atoms with Crippen molar-refractivity contribution in [2.24, 2.45) is 5.92 Å². The van der Waals surface area contributed by atoms with Gasteiger partial charge in [0.2, 0.25) is 5.91 Å². The summed E-state index contributed by atoms with van der Waals surface area (Å²) in [6, 6.07) is 10.4. The molecule has 0 bridgehead atoms. The number of likely N-dealkylation sites (tertiary alicyclic amines) is 1. The van der Waals surface area contributed by atoms with Crippen molar-refractivity contribution in [2.75, 3.05) is 6.54 Å². The molecule has 2 aromatic rings. The van der Waals surface area contributed by atoms with Crippen LogP contribution in [0, 0.1) is 12.8 Å². The van der Waals surface area contributed by atoms with Gasteiger partial charge >= 0.3 is 0 Å². The lowest BCUT2D eigenvalue weighted by Crippen LogP contribution is -2.52. The quantitative estimate of drug-likeness (QED) is 0.926. The van der Waals surface area contributed by atoms with Gasteiger partial charge in [0, 0.05) is 6.54 Å². The van der Waals surface area contributed by atoms with Gasteiger partial charge in [0.1, 0.15) is 5.82 Å². The minimum absolute atomic E-state index is 0.0935. The molecule has 20 heavy (non-hydrogen) atoms. The monoisotopic (exact) mass is 270 g/mol. The van der Waals surface area contributed by atoms with Crippen LogP contribution in [0.25, 0.3) is 0 Å². The Morgan fingerprint density at radius 2 is 2.15 bits per heavy atom. The number of hydrogen-bond donors (Lipinski definition) is 1. The van der Waals surface area contributed by atoms with E-state index >= 15 is 0 Å². The molecule has 2 heterocycles. The zero-order chi connectivity index (χ0) is 14.1. The Kier molecular flexibility index (Phi) is 3.26. The number of rotatable bonds is 3. The molecule has 1 saturated heterocycles. The summed E-state index contributed by atoms with van der Waals surface area (Å²) >= 11 is 0. The molecule has 0 saturated carbocycles. The van der Waals surface area contributed by atoms with Gasteiger partial charge < -0.3 is 4.90 Å². The van der Waals surface area contributed by atoms with Crippen LogP contribution in [-0.2, 0) is 11.2 Å². The first kappa shape index (κ1) is 12.8. The third-order valence-electron chi connectivity index (χ3n) is 3.77. The first-order valence-corrected chi connectivity index (χ1v) is 6.87. The van der Waals surface area contributed by atoms with Gasteiger partial charge in [-0.1, -0.05) is 37.3 Å². The summed E-state index contributed by atoms with van der Waals surface area (Å²) in [5, 5.41) is 6.80. The Hall–Kier alpha value is -2.17. The minimum Gasteiger partial charge on any atom is -0.335 e. The van der Waals surface area contributed by atoms with Crippen molar-refractivity contribution in [3.8, 4) is 0 Å². The highest BCUT2D eigenvalue weighted by atomic mass is 16.2. The largest absolute Gasteiger partial charge is 0.335 e. The average molecular weight is 270 g/mol. The molecule has 1 aliphatic rings. The van der Waals surface area contributed by atoms with Crippen LogP contribution in [-0.4, -0.2) is 32.5 Å². The van der Waals surface area contributed by atoms with Crippen molar-refractivity contribution < 1.29 is 4.79 Å². The van der Waals surface area contributed by atoms with Crippen LogP contribution in [0.15, 0.2) is 30.3 Å². The predicted octanol–water partition coefficient (Wildman–Crippen LogP) is 1.88. The van der Waals surface area contributed by atoms with Crippen molar-refractivity contribution in [1.82, 2.24) is 20.1 Å². The molecule has 0 aliphatic carbocycles. The molecule has 1 aromatic heterocycles. The summed E-state index contributed by atoms with van der Waals surface area (Å²) in [6.07, 6.45) is 0.264. The molecule has 2 unspecified atom stereocenters. The van der Waals surface area contributed by atoms with Gasteiger partial charge in [0.25, 0.3) is 0 Å². The van der Waals surface area contributed by atoms with E-state index in [9.17, 15) is 4.79 Å². The predicted molar refractivity (Wildman–Crippen MR) is 74.9 cm³/mol. The third kappa shape index (κ3) is 2.31. The molecule has 2 atom stereocenters. The van der Waals surface area contributed by atoms with Crippen LogP contribution in [0.2, 0.25) is 0 Å². The van der Waals surface area contributed by atoms with Gasteiger partial charge in [0.05, 0.1) is 12.5 Å². The number of amides is 1. The molecule has 104 valence electrons. The van der Waals surface area contributed by atoms with Crippen LogP contribution >= 0.6 is 0 Å². The number of nitrogens with zero attached hydrogens (tertiary/aromatic N) is 3. The maximum atomic E-state index is 12.4. The molecule has 1 fully saturated rings. The Morgan fingerprint density at radius 3 is 2.75 bits per heavy atom. The summed E-state index contributed by atoms with van der Waals surface area (Å²) in [7, 11) is 0. The lowest BCUT2D eigenvalue weighted by molar-refractivity contribution is -0.142. The number of hydrogen-bond acceptors (Lipinski definition) is 3. The number of carbonyl (C=O) groups is 1. The molecule has 1 aromatic carbocycles. The first-order chi connectivity index (χ1) is 9.65. The van der Waals surface area contributed by atoms with E-state index in [1.807, 2.05) is 30.0 Å². The molecule has 0 spiro atoms. The standard InChI is InChI=1S/C15H18N4O/c1-10-9-19(15(10)12-6-4-3-5-7-12)14(20)8-13-16-11(2)17-18-13/h3-7,10,15H,8-9H2,1-2H3,(H,16,17,18). The van der Waals surface area contributed by atoms with Crippen LogP contribution in [0.5, 0.6) is 0 Å². The van der Waals surface area contributed by atoms with Gasteiger partial charge in [-0.3, -0.25) is 9.89 Å². The average Bonchev–Trinajstić information content (AvgIpc) is 2.82. The van der Waals surface area contributed by atoms with Gasteiger partial charge in [-0.25, -0.2) is 4.98 Å². The Balaban J connectivity index is 1.72. The highest BCUT2D eigenvalue weighted by Crippen LogP contribution is 2.38. The molecule has 1 amide bonds. The minimum atomic E-state index is 0.0935. The van der Waals surface area contributed by atoms with E-state index in [0.29, 0.717) is 11.7 Å².